The molecule has 2 aromatic carbocycles. The molecule has 0 amide bonds. The Labute approximate surface area is 132 Å². The summed E-state index contributed by atoms with van der Waals surface area (Å²) in [5.41, 5.74) is 2.41. The standard InChI is InChI=1S/C15H13ClN2O2S/c1-9-6-7-10(14(19)20)8-13(9)18-15(21)17-12-5-3-2-4-11(12)16/h2-8H,1H3,(H,19,20)(H2,17,18,21). The van der Waals surface area contributed by atoms with Crippen molar-refractivity contribution in [1.82, 2.24) is 0 Å². The molecule has 0 bridgehead atoms. The summed E-state index contributed by atoms with van der Waals surface area (Å²) in [6, 6.07) is 12.0. The van der Waals surface area contributed by atoms with Gasteiger partial charge in [-0.15, -0.1) is 0 Å². The van der Waals surface area contributed by atoms with Crippen molar-refractivity contribution >= 4 is 46.3 Å². The van der Waals surface area contributed by atoms with E-state index in [1.54, 1.807) is 24.3 Å². The number of thiocarbonyl (C=S) groups is 1. The highest BCUT2D eigenvalue weighted by molar-refractivity contribution is 7.80. The third kappa shape index (κ3) is 3.93. The van der Waals surface area contributed by atoms with E-state index in [0.717, 1.165) is 5.56 Å². The van der Waals surface area contributed by atoms with Crippen LogP contribution in [0.4, 0.5) is 11.4 Å². The molecule has 0 saturated heterocycles. The van der Waals surface area contributed by atoms with Gasteiger partial charge in [-0.25, -0.2) is 4.79 Å². The predicted molar refractivity (Wildman–Crippen MR) is 89.4 cm³/mol. The summed E-state index contributed by atoms with van der Waals surface area (Å²) >= 11 is 11.3. The van der Waals surface area contributed by atoms with Gasteiger partial charge in [-0.3, -0.25) is 0 Å². The molecule has 4 nitrogen and oxygen atoms in total. The number of carbonyl (C=O) groups is 1. The van der Waals surface area contributed by atoms with E-state index in [1.165, 1.54) is 6.07 Å². The fraction of sp³-hybridized carbons (Fsp3) is 0.0667. The quantitative estimate of drug-likeness (QED) is 0.741. The number of halogens is 1. The molecule has 21 heavy (non-hydrogen) atoms. The minimum atomic E-state index is -0.983. The van der Waals surface area contributed by atoms with Gasteiger partial charge in [-0.2, -0.15) is 0 Å². The summed E-state index contributed by atoms with van der Waals surface area (Å²) in [4.78, 5) is 11.0. The van der Waals surface area contributed by atoms with Gasteiger partial charge in [0.25, 0.3) is 0 Å². The van der Waals surface area contributed by atoms with E-state index in [4.69, 9.17) is 28.9 Å². The molecule has 6 heteroatoms. The summed E-state index contributed by atoms with van der Waals surface area (Å²) in [5, 5.41) is 15.9. The molecule has 0 aliphatic heterocycles. The molecule has 0 heterocycles. The lowest BCUT2D eigenvalue weighted by Gasteiger charge is -2.13. The molecule has 0 aliphatic rings. The number of anilines is 2. The Morgan fingerprint density at radius 1 is 1.14 bits per heavy atom. The number of benzene rings is 2. The molecule has 0 spiro atoms. The van der Waals surface area contributed by atoms with Gasteiger partial charge < -0.3 is 15.7 Å². The topological polar surface area (TPSA) is 61.4 Å². The fourth-order valence-electron chi connectivity index (χ4n) is 1.73. The van der Waals surface area contributed by atoms with Crippen molar-refractivity contribution < 1.29 is 9.90 Å². The van der Waals surface area contributed by atoms with Crippen LogP contribution in [0.25, 0.3) is 0 Å². The maximum absolute atomic E-state index is 11.0. The number of rotatable bonds is 3. The first-order valence-corrected chi connectivity index (χ1v) is 6.92. The van der Waals surface area contributed by atoms with Crippen molar-refractivity contribution in [2.24, 2.45) is 0 Å². The Balaban J connectivity index is 2.15. The van der Waals surface area contributed by atoms with Crippen molar-refractivity contribution in [3.8, 4) is 0 Å². The first-order chi connectivity index (χ1) is 9.97. The lowest BCUT2D eigenvalue weighted by molar-refractivity contribution is 0.0697. The van der Waals surface area contributed by atoms with Crippen LogP contribution >= 0.6 is 23.8 Å². The zero-order chi connectivity index (χ0) is 15.4. The molecule has 0 unspecified atom stereocenters. The van der Waals surface area contributed by atoms with Gasteiger partial charge >= 0.3 is 5.97 Å². The Hall–Kier alpha value is -2.11. The number of hydrogen-bond donors (Lipinski definition) is 3. The number of aromatic carboxylic acids is 1. The zero-order valence-corrected chi connectivity index (χ0v) is 12.8. The monoisotopic (exact) mass is 320 g/mol. The maximum atomic E-state index is 11.0. The predicted octanol–water partition coefficient (Wildman–Crippen LogP) is 4.16. The molecule has 0 aliphatic carbocycles. The molecule has 108 valence electrons. The zero-order valence-electron chi connectivity index (χ0n) is 11.2. The summed E-state index contributed by atoms with van der Waals surface area (Å²) in [7, 11) is 0. The van der Waals surface area contributed by atoms with E-state index in [2.05, 4.69) is 10.6 Å². The second-order valence-corrected chi connectivity index (χ2v) is 5.21. The number of hydrogen-bond acceptors (Lipinski definition) is 2. The molecule has 0 aromatic heterocycles. The van der Waals surface area contributed by atoms with Crippen LogP contribution in [0.5, 0.6) is 0 Å². The first-order valence-electron chi connectivity index (χ1n) is 6.14. The number of aryl methyl sites for hydroxylation is 1. The lowest BCUT2D eigenvalue weighted by Crippen LogP contribution is -2.20. The summed E-state index contributed by atoms with van der Waals surface area (Å²) < 4.78 is 0. The van der Waals surface area contributed by atoms with Gasteiger partial charge in [0.2, 0.25) is 0 Å². The minimum absolute atomic E-state index is 0.198. The van der Waals surface area contributed by atoms with Crippen molar-refractivity contribution in [3.63, 3.8) is 0 Å². The fourth-order valence-corrected chi connectivity index (χ4v) is 2.13. The van der Waals surface area contributed by atoms with Crippen molar-refractivity contribution in [1.29, 1.82) is 0 Å². The summed E-state index contributed by atoms with van der Waals surface area (Å²) in [6.45, 7) is 1.87. The van der Waals surface area contributed by atoms with Gasteiger partial charge in [-0.1, -0.05) is 29.8 Å². The molecule has 0 atom stereocenters. The highest BCUT2D eigenvalue weighted by atomic mass is 35.5. The van der Waals surface area contributed by atoms with E-state index < -0.39 is 5.97 Å². The van der Waals surface area contributed by atoms with Gasteiger partial charge in [0, 0.05) is 5.69 Å². The van der Waals surface area contributed by atoms with E-state index in [9.17, 15) is 4.79 Å². The van der Waals surface area contributed by atoms with Crippen LogP contribution in [0.15, 0.2) is 42.5 Å². The van der Waals surface area contributed by atoms with Gasteiger partial charge in [-0.05, 0) is 49.0 Å². The highest BCUT2D eigenvalue weighted by Crippen LogP contribution is 2.22. The van der Waals surface area contributed by atoms with Crippen molar-refractivity contribution in [2.45, 2.75) is 6.92 Å². The minimum Gasteiger partial charge on any atom is -0.478 e. The average molecular weight is 321 g/mol. The smallest absolute Gasteiger partial charge is 0.335 e. The summed E-state index contributed by atoms with van der Waals surface area (Å²) in [5.74, 6) is -0.983. The highest BCUT2D eigenvalue weighted by Gasteiger charge is 2.08. The Bertz CT molecular complexity index is 704. The number of carboxylic acids is 1. The third-order valence-corrected chi connectivity index (χ3v) is 3.39. The van der Waals surface area contributed by atoms with E-state index >= 15 is 0 Å². The third-order valence-electron chi connectivity index (χ3n) is 2.85. The Morgan fingerprint density at radius 2 is 1.81 bits per heavy atom. The number of para-hydroxylation sites is 1. The first kappa shape index (κ1) is 15.3. The normalized spacial score (nSPS) is 10.0. The maximum Gasteiger partial charge on any atom is 0.335 e. The largest absolute Gasteiger partial charge is 0.478 e. The van der Waals surface area contributed by atoms with Gasteiger partial charge in [0.15, 0.2) is 5.11 Å². The van der Waals surface area contributed by atoms with Gasteiger partial charge in [0.1, 0.15) is 0 Å². The van der Waals surface area contributed by atoms with Crippen LogP contribution in [0, 0.1) is 6.92 Å². The van der Waals surface area contributed by atoms with Crippen LogP contribution in [-0.2, 0) is 0 Å². The van der Waals surface area contributed by atoms with Crippen LogP contribution in [0.3, 0.4) is 0 Å². The average Bonchev–Trinajstić information content (AvgIpc) is 2.43. The molecule has 0 saturated carbocycles. The number of nitrogens with one attached hydrogen (secondary N) is 2. The number of carboxylic acid groups (broad SMARTS) is 1. The second-order valence-electron chi connectivity index (χ2n) is 4.39. The van der Waals surface area contributed by atoms with Crippen molar-refractivity contribution in [2.75, 3.05) is 10.6 Å². The van der Waals surface area contributed by atoms with E-state index in [1.807, 2.05) is 19.1 Å². The lowest BCUT2D eigenvalue weighted by atomic mass is 10.1. The van der Waals surface area contributed by atoms with Gasteiger partial charge in [0.05, 0.1) is 16.3 Å². The second kappa shape index (κ2) is 6.56. The van der Waals surface area contributed by atoms with Crippen LogP contribution in [0.2, 0.25) is 5.02 Å². The van der Waals surface area contributed by atoms with Crippen LogP contribution in [0.1, 0.15) is 15.9 Å². The molecule has 2 rings (SSSR count). The summed E-state index contributed by atoms with van der Waals surface area (Å²) in [6.07, 6.45) is 0. The molecule has 3 N–H and O–H groups in total. The molecule has 2 aromatic rings. The molecular formula is C15H13ClN2O2S. The molecular weight excluding hydrogens is 308 g/mol. The van der Waals surface area contributed by atoms with Crippen molar-refractivity contribution in [3.05, 3.63) is 58.6 Å². The van der Waals surface area contributed by atoms with Crippen LogP contribution < -0.4 is 10.6 Å². The van der Waals surface area contributed by atoms with E-state index in [-0.39, 0.29) is 5.56 Å². The Kier molecular flexibility index (Phi) is 4.77. The Morgan fingerprint density at radius 3 is 2.48 bits per heavy atom. The molecule has 0 fully saturated rings. The van der Waals surface area contributed by atoms with Crippen LogP contribution in [-0.4, -0.2) is 16.2 Å². The SMILES string of the molecule is Cc1ccc(C(=O)O)cc1NC(=S)Nc1ccccc1Cl. The van der Waals surface area contributed by atoms with E-state index in [0.29, 0.717) is 21.5 Å². The molecule has 0 radical (unpaired) electrons.